The lowest BCUT2D eigenvalue weighted by Gasteiger charge is -2.09. The van der Waals surface area contributed by atoms with Crippen molar-refractivity contribution in [2.24, 2.45) is 0 Å². The van der Waals surface area contributed by atoms with E-state index in [4.69, 9.17) is 16.1 Å². The summed E-state index contributed by atoms with van der Waals surface area (Å²) in [7, 11) is 0. The van der Waals surface area contributed by atoms with Gasteiger partial charge in [-0.15, -0.1) is 5.10 Å². The number of halogens is 1. The van der Waals surface area contributed by atoms with E-state index in [0.29, 0.717) is 28.9 Å². The van der Waals surface area contributed by atoms with Crippen LogP contribution in [0.1, 0.15) is 11.4 Å². The van der Waals surface area contributed by atoms with Gasteiger partial charge in [0.15, 0.2) is 0 Å². The molecule has 5 aromatic rings. The third kappa shape index (κ3) is 2.50. The van der Waals surface area contributed by atoms with Gasteiger partial charge in [0.2, 0.25) is 5.82 Å². The summed E-state index contributed by atoms with van der Waals surface area (Å²) in [5.41, 5.74) is 5.10. The standard InChI is InChI=1S/C20H12ClN7O/c21-13-6-7-15-16(8-13)28-14(10-23-26-28)9-17-18(22-11-27(15)17)19-24-20(29-25-19)12-4-2-1-3-5-12/h1-8,10-11H,9H2. The van der Waals surface area contributed by atoms with Crippen molar-refractivity contribution in [1.82, 2.24) is 34.7 Å². The van der Waals surface area contributed by atoms with Crippen LogP contribution in [0.25, 0.3) is 34.3 Å². The fourth-order valence-electron chi connectivity index (χ4n) is 3.58. The smallest absolute Gasteiger partial charge is 0.258 e. The summed E-state index contributed by atoms with van der Waals surface area (Å²) in [5, 5.41) is 13.1. The minimum Gasteiger partial charge on any atom is -0.334 e. The normalized spacial score (nSPS) is 12.2. The van der Waals surface area contributed by atoms with Crippen molar-refractivity contribution in [3.63, 3.8) is 0 Å². The van der Waals surface area contributed by atoms with E-state index < -0.39 is 0 Å². The van der Waals surface area contributed by atoms with E-state index in [1.165, 1.54) is 0 Å². The highest BCUT2D eigenvalue weighted by Crippen LogP contribution is 2.33. The Labute approximate surface area is 169 Å². The first kappa shape index (κ1) is 16.2. The van der Waals surface area contributed by atoms with Crippen molar-refractivity contribution >= 4 is 11.6 Å². The summed E-state index contributed by atoms with van der Waals surface area (Å²) in [6, 6.07) is 15.3. The molecule has 1 aliphatic rings. The minimum absolute atomic E-state index is 0.439. The highest BCUT2D eigenvalue weighted by atomic mass is 35.5. The van der Waals surface area contributed by atoms with Crippen molar-refractivity contribution in [3.8, 4) is 34.3 Å². The zero-order valence-electron chi connectivity index (χ0n) is 14.9. The second-order valence-corrected chi connectivity index (χ2v) is 7.08. The van der Waals surface area contributed by atoms with Gasteiger partial charge in [-0.1, -0.05) is 40.2 Å². The first-order valence-corrected chi connectivity index (χ1v) is 9.31. The first-order valence-electron chi connectivity index (χ1n) is 8.93. The van der Waals surface area contributed by atoms with Gasteiger partial charge >= 0.3 is 0 Å². The molecule has 2 aromatic carbocycles. The molecule has 6 rings (SSSR count). The summed E-state index contributed by atoms with van der Waals surface area (Å²) >= 11 is 6.23. The molecule has 8 nitrogen and oxygen atoms in total. The third-order valence-corrected chi connectivity index (χ3v) is 5.15. The number of hydrogen-bond acceptors (Lipinski definition) is 6. The van der Waals surface area contributed by atoms with Gasteiger partial charge in [0.25, 0.3) is 5.89 Å². The van der Waals surface area contributed by atoms with Gasteiger partial charge in [0.05, 0.1) is 29.0 Å². The molecule has 0 fully saturated rings. The fourth-order valence-corrected chi connectivity index (χ4v) is 3.74. The predicted molar refractivity (Wildman–Crippen MR) is 105 cm³/mol. The van der Waals surface area contributed by atoms with E-state index >= 15 is 0 Å². The SMILES string of the molecule is Clc1ccc2c(c1)-n1nncc1Cc1c(-c3noc(-c4ccccc4)n3)ncn1-2. The second kappa shape index (κ2) is 6.11. The minimum atomic E-state index is 0.439. The average Bonchev–Trinajstić information content (AvgIpc) is 3.48. The number of rotatable bonds is 2. The molecule has 0 atom stereocenters. The number of aromatic nitrogens is 7. The van der Waals surface area contributed by atoms with Crippen LogP contribution in [0.3, 0.4) is 0 Å². The zero-order chi connectivity index (χ0) is 19.4. The van der Waals surface area contributed by atoms with Gasteiger partial charge in [-0.05, 0) is 30.3 Å². The van der Waals surface area contributed by atoms with Crippen LogP contribution >= 0.6 is 11.6 Å². The maximum absolute atomic E-state index is 6.23. The van der Waals surface area contributed by atoms with E-state index in [1.54, 1.807) is 17.2 Å². The molecule has 0 saturated heterocycles. The van der Waals surface area contributed by atoms with E-state index in [0.717, 1.165) is 28.3 Å². The number of nitrogens with zero attached hydrogens (tertiary/aromatic N) is 7. The van der Waals surface area contributed by atoms with Crippen LogP contribution < -0.4 is 0 Å². The molecular weight excluding hydrogens is 390 g/mol. The number of benzene rings is 2. The van der Waals surface area contributed by atoms with Gasteiger partial charge in [-0.2, -0.15) is 4.98 Å². The Morgan fingerprint density at radius 2 is 1.93 bits per heavy atom. The van der Waals surface area contributed by atoms with Crippen LogP contribution in [0.4, 0.5) is 0 Å². The second-order valence-electron chi connectivity index (χ2n) is 6.65. The highest BCUT2D eigenvalue weighted by molar-refractivity contribution is 6.30. The molecule has 29 heavy (non-hydrogen) atoms. The van der Waals surface area contributed by atoms with Crippen LogP contribution in [0, 0.1) is 0 Å². The Balaban J connectivity index is 1.53. The lowest BCUT2D eigenvalue weighted by Crippen LogP contribution is -2.03. The van der Waals surface area contributed by atoms with Gasteiger partial charge in [0, 0.05) is 17.0 Å². The Morgan fingerprint density at radius 3 is 2.83 bits per heavy atom. The quantitative estimate of drug-likeness (QED) is 0.439. The van der Waals surface area contributed by atoms with Crippen LogP contribution in [0.2, 0.25) is 5.02 Å². The van der Waals surface area contributed by atoms with Crippen LogP contribution in [-0.2, 0) is 6.42 Å². The molecule has 0 aliphatic carbocycles. The molecule has 0 bridgehead atoms. The van der Waals surface area contributed by atoms with E-state index in [9.17, 15) is 0 Å². The molecule has 3 aromatic heterocycles. The highest BCUT2D eigenvalue weighted by Gasteiger charge is 2.26. The van der Waals surface area contributed by atoms with Crippen molar-refractivity contribution in [2.45, 2.75) is 6.42 Å². The molecule has 0 radical (unpaired) electrons. The Kier molecular flexibility index (Phi) is 3.41. The van der Waals surface area contributed by atoms with E-state index in [-0.39, 0.29) is 0 Å². The summed E-state index contributed by atoms with van der Waals surface area (Å²) in [6.45, 7) is 0. The van der Waals surface area contributed by atoms with Gasteiger partial charge in [0.1, 0.15) is 12.0 Å². The number of hydrogen-bond donors (Lipinski definition) is 0. The maximum Gasteiger partial charge on any atom is 0.258 e. The van der Waals surface area contributed by atoms with E-state index in [1.807, 2.05) is 53.1 Å². The van der Waals surface area contributed by atoms with Gasteiger partial charge in [-0.25, -0.2) is 9.67 Å². The number of imidazole rings is 1. The number of fused-ring (bicyclic) bond motifs is 5. The summed E-state index contributed by atoms with van der Waals surface area (Å²) in [6.07, 6.45) is 4.06. The Bertz CT molecular complexity index is 1350. The Morgan fingerprint density at radius 1 is 1.03 bits per heavy atom. The molecule has 140 valence electrons. The Hall–Kier alpha value is -3.78. The summed E-state index contributed by atoms with van der Waals surface area (Å²) in [4.78, 5) is 9.15. The lowest BCUT2D eigenvalue weighted by molar-refractivity contribution is 0.432. The average molecular weight is 402 g/mol. The largest absolute Gasteiger partial charge is 0.334 e. The lowest BCUT2D eigenvalue weighted by atomic mass is 10.2. The first-order chi connectivity index (χ1) is 14.3. The summed E-state index contributed by atoms with van der Waals surface area (Å²) in [5.74, 6) is 0.893. The van der Waals surface area contributed by atoms with Gasteiger partial charge in [-0.3, -0.25) is 4.57 Å². The summed E-state index contributed by atoms with van der Waals surface area (Å²) < 4.78 is 9.28. The fraction of sp³-hybridized carbons (Fsp3) is 0.0500. The zero-order valence-corrected chi connectivity index (χ0v) is 15.7. The molecule has 0 amide bonds. The molecule has 4 heterocycles. The van der Waals surface area contributed by atoms with Crippen molar-refractivity contribution in [1.29, 1.82) is 0 Å². The maximum atomic E-state index is 6.23. The van der Waals surface area contributed by atoms with Crippen molar-refractivity contribution in [3.05, 3.63) is 77.5 Å². The molecular formula is C20H12ClN7O. The van der Waals surface area contributed by atoms with Crippen molar-refractivity contribution < 1.29 is 4.52 Å². The molecule has 9 heteroatoms. The molecule has 0 spiro atoms. The van der Waals surface area contributed by atoms with Gasteiger partial charge < -0.3 is 4.52 Å². The topological polar surface area (TPSA) is 87.4 Å². The van der Waals surface area contributed by atoms with E-state index in [2.05, 4.69) is 25.4 Å². The van der Waals surface area contributed by atoms with Crippen LogP contribution in [0.15, 0.2) is 65.6 Å². The molecule has 0 unspecified atom stereocenters. The van der Waals surface area contributed by atoms with Crippen molar-refractivity contribution in [2.75, 3.05) is 0 Å². The molecule has 0 saturated carbocycles. The third-order valence-electron chi connectivity index (χ3n) is 4.92. The molecule has 1 aliphatic heterocycles. The molecule has 0 N–H and O–H groups in total. The predicted octanol–water partition coefficient (Wildman–Crippen LogP) is 3.73. The van der Waals surface area contributed by atoms with Crippen LogP contribution in [0.5, 0.6) is 0 Å². The monoisotopic (exact) mass is 401 g/mol. The van der Waals surface area contributed by atoms with Crippen LogP contribution in [-0.4, -0.2) is 34.7 Å².